The first-order chi connectivity index (χ1) is 16.7. The van der Waals surface area contributed by atoms with Crippen LogP contribution in [0.2, 0.25) is 5.02 Å². The SMILES string of the molecule is COc1ccc(-c2c(C(=O)c3ccc(Cl)cc3)c(C#N)c(N)n2S(=O)(=O)c2ccc(C)cc2)cc1. The summed E-state index contributed by atoms with van der Waals surface area (Å²) in [6.07, 6.45) is 0. The van der Waals surface area contributed by atoms with Gasteiger partial charge in [0.05, 0.1) is 23.3 Å². The van der Waals surface area contributed by atoms with E-state index >= 15 is 0 Å². The van der Waals surface area contributed by atoms with Gasteiger partial charge < -0.3 is 10.5 Å². The van der Waals surface area contributed by atoms with Crippen molar-refractivity contribution in [2.24, 2.45) is 0 Å². The fourth-order valence-corrected chi connectivity index (χ4v) is 5.33. The summed E-state index contributed by atoms with van der Waals surface area (Å²) >= 11 is 5.97. The van der Waals surface area contributed by atoms with E-state index in [2.05, 4.69) is 0 Å². The molecular formula is C26H20ClN3O4S. The Bertz CT molecular complexity index is 1570. The van der Waals surface area contributed by atoms with Crippen LogP contribution in [-0.4, -0.2) is 25.3 Å². The molecule has 35 heavy (non-hydrogen) atoms. The molecule has 0 aliphatic heterocycles. The molecule has 0 unspecified atom stereocenters. The monoisotopic (exact) mass is 505 g/mol. The van der Waals surface area contributed by atoms with Crippen LogP contribution in [0.4, 0.5) is 5.82 Å². The molecule has 2 N–H and O–H groups in total. The number of rotatable bonds is 6. The summed E-state index contributed by atoms with van der Waals surface area (Å²) in [5.74, 6) is -0.378. The topological polar surface area (TPSA) is 115 Å². The summed E-state index contributed by atoms with van der Waals surface area (Å²) in [5, 5.41) is 10.4. The molecule has 0 aliphatic rings. The molecule has 0 radical (unpaired) electrons. The molecule has 0 saturated carbocycles. The molecule has 4 rings (SSSR count). The van der Waals surface area contributed by atoms with Crippen molar-refractivity contribution in [2.45, 2.75) is 11.8 Å². The van der Waals surface area contributed by atoms with E-state index in [4.69, 9.17) is 22.1 Å². The first-order valence-electron chi connectivity index (χ1n) is 10.4. The first kappa shape index (κ1) is 24.1. The molecule has 0 aliphatic carbocycles. The molecule has 9 heteroatoms. The van der Waals surface area contributed by atoms with Crippen LogP contribution >= 0.6 is 11.6 Å². The number of halogens is 1. The Morgan fingerprint density at radius 3 is 2.14 bits per heavy atom. The molecule has 0 amide bonds. The Balaban J connectivity index is 2.08. The number of aromatic nitrogens is 1. The van der Waals surface area contributed by atoms with Gasteiger partial charge in [0.2, 0.25) is 0 Å². The number of carbonyl (C=O) groups is 1. The zero-order valence-corrected chi connectivity index (χ0v) is 20.4. The number of nitrogens with zero attached hydrogens (tertiary/aromatic N) is 2. The highest BCUT2D eigenvalue weighted by atomic mass is 35.5. The minimum absolute atomic E-state index is 0.0118. The van der Waals surface area contributed by atoms with E-state index in [1.54, 1.807) is 36.4 Å². The maximum atomic E-state index is 13.8. The fraction of sp³-hybridized carbons (Fsp3) is 0.0769. The lowest BCUT2D eigenvalue weighted by Gasteiger charge is -2.14. The van der Waals surface area contributed by atoms with Gasteiger partial charge in [-0.3, -0.25) is 4.79 Å². The summed E-state index contributed by atoms with van der Waals surface area (Å²) in [6, 6.07) is 20.7. The van der Waals surface area contributed by atoms with Gasteiger partial charge in [-0.2, -0.15) is 5.26 Å². The quantitative estimate of drug-likeness (QED) is 0.367. The Labute approximate surface area is 208 Å². The summed E-state index contributed by atoms with van der Waals surface area (Å²) in [7, 11) is -2.78. The van der Waals surface area contributed by atoms with E-state index in [1.165, 1.54) is 43.5 Å². The lowest BCUT2D eigenvalue weighted by atomic mass is 9.97. The number of hydrogen-bond donors (Lipinski definition) is 1. The maximum Gasteiger partial charge on any atom is 0.269 e. The molecule has 3 aromatic carbocycles. The molecule has 0 atom stereocenters. The molecule has 0 saturated heterocycles. The average molecular weight is 506 g/mol. The van der Waals surface area contributed by atoms with Crippen molar-refractivity contribution in [1.82, 2.24) is 3.97 Å². The number of nitrogen functional groups attached to an aromatic ring is 1. The number of carbonyl (C=O) groups excluding carboxylic acids is 1. The van der Waals surface area contributed by atoms with E-state index in [0.29, 0.717) is 16.3 Å². The van der Waals surface area contributed by atoms with Crippen LogP contribution < -0.4 is 10.5 Å². The molecule has 1 aromatic heterocycles. The van der Waals surface area contributed by atoms with E-state index in [1.807, 2.05) is 13.0 Å². The van der Waals surface area contributed by atoms with Crippen molar-refractivity contribution >= 4 is 33.2 Å². The summed E-state index contributed by atoms with van der Waals surface area (Å²) in [5.41, 5.74) is 7.37. The molecule has 1 heterocycles. The standard InChI is InChI=1S/C26H20ClN3O4S/c1-16-3-13-21(14-4-16)35(32,33)30-24(17-7-11-20(34-2)12-8-17)23(22(15-28)26(30)29)25(31)18-5-9-19(27)10-6-18/h3-14H,29H2,1-2H3. The van der Waals surface area contributed by atoms with E-state index in [-0.39, 0.29) is 33.1 Å². The number of hydrogen-bond acceptors (Lipinski definition) is 6. The van der Waals surface area contributed by atoms with Crippen LogP contribution in [0.15, 0.2) is 77.7 Å². The first-order valence-corrected chi connectivity index (χ1v) is 12.2. The molecule has 0 spiro atoms. The lowest BCUT2D eigenvalue weighted by molar-refractivity contribution is 0.103. The predicted octanol–water partition coefficient (Wildman–Crippen LogP) is 5.05. The van der Waals surface area contributed by atoms with Crippen LogP contribution in [0.5, 0.6) is 5.75 Å². The van der Waals surface area contributed by atoms with Crippen LogP contribution in [0.25, 0.3) is 11.3 Å². The summed E-state index contributed by atoms with van der Waals surface area (Å²) in [4.78, 5) is 13.6. The molecule has 7 nitrogen and oxygen atoms in total. The van der Waals surface area contributed by atoms with Gasteiger partial charge in [0, 0.05) is 16.1 Å². The van der Waals surface area contributed by atoms with Crippen molar-refractivity contribution in [3.05, 3.63) is 100 Å². The van der Waals surface area contributed by atoms with Crippen LogP contribution in [0, 0.1) is 18.3 Å². The number of nitriles is 1. The van der Waals surface area contributed by atoms with Crippen molar-refractivity contribution < 1.29 is 17.9 Å². The van der Waals surface area contributed by atoms with Gasteiger partial charge in [0.1, 0.15) is 23.2 Å². The van der Waals surface area contributed by atoms with Gasteiger partial charge in [-0.05, 0) is 67.6 Å². The second kappa shape index (κ2) is 9.29. The summed E-state index contributed by atoms with van der Waals surface area (Å²) < 4.78 is 33.6. The maximum absolute atomic E-state index is 13.8. The number of ether oxygens (including phenoxy) is 1. The third kappa shape index (κ3) is 4.28. The Morgan fingerprint density at radius 2 is 1.60 bits per heavy atom. The van der Waals surface area contributed by atoms with Crippen molar-refractivity contribution in [3.8, 4) is 23.1 Å². The number of benzene rings is 3. The normalized spacial score (nSPS) is 11.1. The van der Waals surface area contributed by atoms with Crippen molar-refractivity contribution in [2.75, 3.05) is 12.8 Å². The molecule has 0 fully saturated rings. The van der Waals surface area contributed by atoms with E-state index in [0.717, 1.165) is 9.54 Å². The van der Waals surface area contributed by atoms with Gasteiger partial charge >= 0.3 is 0 Å². The molecular weight excluding hydrogens is 486 g/mol. The fourth-order valence-electron chi connectivity index (χ4n) is 3.73. The number of methoxy groups -OCH3 is 1. The smallest absolute Gasteiger partial charge is 0.269 e. The van der Waals surface area contributed by atoms with Crippen LogP contribution in [0.3, 0.4) is 0 Å². The van der Waals surface area contributed by atoms with E-state index in [9.17, 15) is 18.5 Å². The largest absolute Gasteiger partial charge is 0.497 e. The molecule has 176 valence electrons. The minimum Gasteiger partial charge on any atom is -0.497 e. The number of ketones is 1. The average Bonchev–Trinajstić information content (AvgIpc) is 3.17. The van der Waals surface area contributed by atoms with Gasteiger partial charge in [0.25, 0.3) is 10.0 Å². The number of aryl methyl sites for hydroxylation is 1. The van der Waals surface area contributed by atoms with Gasteiger partial charge in [0.15, 0.2) is 5.78 Å². The van der Waals surface area contributed by atoms with Gasteiger partial charge in [-0.1, -0.05) is 29.3 Å². The zero-order valence-electron chi connectivity index (χ0n) is 18.8. The Kier molecular flexibility index (Phi) is 6.39. The van der Waals surface area contributed by atoms with Crippen molar-refractivity contribution in [1.29, 1.82) is 5.26 Å². The van der Waals surface area contributed by atoms with Crippen LogP contribution in [0.1, 0.15) is 27.0 Å². The third-order valence-corrected chi connectivity index (χ3v) is 7.51. The molecule has 0 bridgehead atoms. The lowest BCUT2D eigenvalue weighted by Crippen LogP contribution is -2.17. The van der Waals surface area contributed by atoms with Gasteiger partial charge in [-0.15, -0.1) is 0 Å². The zero-order chi connectivity index (χ0) is 25.3. The minimum atomic E-state index is -4.28. The Hall–Kier alpha value is -4.06. The van der Waals surface area contributed by atoms with Crippen molar-refractivity contribution in [3.63, 3.8) is 0 Å². The number of nitrogens with two attached hydrogens (primary N) is 1. The highest BCUT2D eigenvalue weighted by Gasteiger charge is 2.34. The highest BCUT2D eigenvalue weighted by Crippen LogP contribution is 2.38. The van der Waals surface area contributed by atoms with Crippen LogP contribution in [-0.2, 0) is 10.0 Å². The second-order valence-electron chi connectivity index (χ2n) is 7.74. The number of anilines is 1. The molecule has 4 aromatic rings. The summed E-state index contributed by atoms with van der Waals surface area (Å²) in [6.45, 7) is 1.83. The Morgan fingerprint density at radius 1 is 1.00 bits per heavy atom. The van der Waals surface area contributed by atoms with Gasteiger partial charge in [-0.25, -0.2) is 12.4 Å². The third-order valence-electron chi connectivity index (χ3n) is 5.53. The highest BCUT2D eigenvalue weighted by molar-refractivity contribution is 7.90. The van der Waals surface area contributed by atoms with E-state index < -0.39 is 15.8 Å². The second-order valence-corrected chi connectivity index (χ2v) is 9.97. The predicted molar refractivity (Wildman–Crippen MR) is 134 cm³/mol.